The summed E-state index contributed by atoms with van der Waals surface area (Å²) in [4.78, 5) is 4.36. The fraction of sp³-hybridized carbons (Fsp3) is 0.308. The van der Waals surface area contributed by atoms with E-state index in [1.54, 1.807) is 6.26 Å². The lowest BCUT2D eigenvalue weighted by Gasteiger charge is -2.11. The van der Waals surface area contributed by atoms with Crippen LogP contribution in [0.3, 0.4) is 0 Å². The van der Waals surface area contributed by atoms with Gasteiger partial charge in [0.15, 0.2) is 0 Å². The molecular weight excluding hydrogens is 216 g/mol. The van der Waals surface area contributed by atoms with Crippen LogP contribution in [0.15, 0.2) is 28.9 Å². The van der Waals surface area contributed by atoms with Crippen molar-refractivity contribution in [3.8, 4) is 5.88 Å². The molecule has 2 aromatic heterocycles. The number of nitrogens with two attached hydrogens (primary N) is 1. The van der Waals surface area contributed by atoms with E-state index in [4.69, 9.17) is 14.9 Å². The van der Waals surface area contributed by atoms with E-state index in [0.717, 1.165) is 22.6 Å². The Labute approximate surface area is 100 Å². The molecular formula is C13H16N2O2. The summed E-state index contributed by atoms with van der Waals surface area (Å²) in [5.74, 6) is 1.37. The van der Waals surface area contributed by atoms with Gasteiger partial charge in [0.05, 0.1) is 6.26 Å². The molecule has 4 heteroatoms. The fourth-order valence-corrected chi connectivity index (χ4v) is 1.73. The minimum absolute atomic E-state index is 0.371. The van der Waals surface area contributed by atoms with Crippen molar-refractivity contribution in [2.75, 3.05) is 0 Å². The summed E-state index contributed by atoms with van der Waals surface area (Å²) in [5, 5.41) is 0. The molecule has 0 bridgehead atoms. The number of aromatic nitrogens is 1. The topological polar surface area (TPSA) is 61.3 Å². The normalized spacial score (nSPS) is 10.5. The van der Waals surface area contributed by atoms with Gasteiger partial charge in [0.25, 0.3) is 0 Å². The Balaban J connectivity index is 2.19. The average molecular weight is 232 g/mol. The molecule has 0 aliphatic carbocycles. The quantitative estimate of drug-likeness (QED) is 0.878. The Morgan fingerprint density at radius 3 is 2.88 bits per heavy atom. The summed E-state index contributed by atoms with van der Waals surface area (Å²) >= 11 is 0. The van der Waals surface area contributed by atoms with E-state index < -0.39 is 0 Å². The summed E-state index contributed by atoms with van der Waals surface area (Å²) in [6, 6.07) is 5.70. The van der Waals surface area contributed by atoms with Gasteiger partial charge in [0, 0.05) is 17.8 Å². The molecule has 4 nitrogen and oxygen atoms in total. The number of hydrogen-bond acceptors (Lipinski definition) is 4. The fourth-order valence-electron chi connectivity index (χ4n) is 1.73. The molecule has 2 heterocycles. The molecule has 2 rings (SSSR count). The first-order valence-electron chi connectivity index (χ1n) is 5.53. The molecule has 0 amide bonds. The highest BCUT2D eigenvalue weighted by Crippen LogP contribution is 2.21. The number of rotatable bonds is 4. The molecule has 2 aromatic rings. The van der Waals surface area contributed by atoms with Gasteiger partial charge in [-0.05, 0) is 37.6 Å². The van der Waals surface area contributed by atoms with Crippen LogP contribution in [0.4, 0.5) is 0 Å². The summed E-state index contributed by atoms with van der Waals surface area (Å²) < 4.78 is 10.9. The molecule has 0 saturated carbocycles. The SMILES string of the molecule is Cc1cc(C)c(CN)c(OCc2ccco2)n1. The lowest BCUT2D eigenvalue weighted by molar-refractivity contribution is 0.257. The Hall–Kier alpha value is -1.81. The first kappa shape index (κ1) is 11.7. The van der Waals surface area contributed by atoms with E-state index in [9.17, 15) is 0 Å². The summed E-state index contributed by atoms with van der Waals surface area (Å²) in [6.07, 6.45) is 1.62. The van der Waals surface area contributed by atoms with Crippen LogP contribution in [0.1, 0.15) is 22.6 Å². The highest BCUT2D eigenvalue weighted by molar-refractivity contribution is 5.35. The molecule has 0 aliphatic heterocycles. The van der Waals surface area contributed by atoms with Crippen molar-refractivity contribution < 1.29 is 9.15 Å². The van der Waals surface area contributed by atoms with Crippen LogP contribution in [-0.4, -0.2) is 4.98 Å². The van der Waals surface area contributed by atoms with Crippen molar-refractivity contribution in [1.29, 1.82) is 0 Å². The van der Waals surface area contributed by atoms with Crippen molar-refractivity contribution >= 4 is 0 Å². The van der Waals surface area contributed by atoms with Crippen molar-refractivity contribution in [2.45, 2.75) is 27.0 Å². The maximum absolute atomic E-state index is 5.71. The lowest BCUT2D eigenvalue weighted by atomic mass is 10.1. The van der Waals surface area contributed by atoms with Gasteiger partial charge in [-0.2, -0.15) is 0 Å². The zero-order valence-corrected chi connectivity index (χ0v) is 10.1. The number of hydrogen-bond donors (Lipinski definition) is 1. The Morgan fingerprint density at radius 1 is 1.41 bits per heavy atom. The zero-order chi connectivity index (χ0) is 12.3. The summed E-state index contributed by atoms with van der Waals surface area (Å²) in [7, 11) is 0. The Bertz CT molecular complexity index is 492. The van der Waals surface area contributed by atoms with Crippen molar-refractivity contribution in [2.24, 2.45) is 5.73 Å². The smallest absolute Gasteiger partial charge is 0.218 e. The number of pyridine rings is 1. The molecule has 0 aliphatic rings. The average Bonchev–Trinajstić information content (AvgIpc) is 2.78. The van der Waals surface area contributed by atoms with E-state index >= 15 is 0 Å². The predicted molar refractivity (Wildman–Crippen MR) is 64.6 cm³/mol. The Kier molecular flexibility index (Phi) is 3.44. The van der Waals surface area contributed by atoms with Crippen LogP contribution in [0.25, 0.3) is 0 Å². The van der Waals surface area contributed by atoms with E-state index in [1.165, 1.54) is 0 Å². The van der Waals surface area contributed by atoms with Gasteiger partial charge < -0.3 is 14.9 Å². The summed E-state index contributed by atoms with van der Waals surface area (Å²) in [5.41, 5.74) is 8.68. The second kappa shape index (κ2) is 5.01. The van der Waals surface area contributed by atoms with Gasteiger partial charge in [0.1, 0.15) is 12.4 Å². The number of furan rings is 1. The van der Waals surface area contributed by atoms with Crippen molar-refractivity contribution in [3.63, 3.8) is 0 Å². The van der Waals surface area contributed by atoms with Crippen LogP contribution in [0.5, 0.6) is 5.88 Å². The molecule has 0 fully saturated rings. The standard InChI is InChI=1S/C13H16N2O2/c1-9-6-10(2)15-13(12(9)7-14)17-8-11-4-3-5-16-11/h3-6H,7-8,14H2,1-2H3. The van der Waals surface area contributed by atoms with Crippen LogP contribution in [-0.2, 0) is 13.2 Å². The molecule has 17 heavy (non-hydrogen) atoms. The van der Waals surface area contributed by atoms with Gasteiger partial charge in [-0.3, -0.25) is 0 Å². The third-order valence-corrected chi connectivity index (χ3v) is 2.57. The second-order valence-corrected chi connectivity index (χ2v) is 3.94. The molecule has 0 unspecified atom stereocenters. The third-order valence-electron chi connectivity index (χ3n) is 2.57. The third kappa shape index (κ3) is 2.65. The second-order valence-electron chi connectivity index (χ2n) is 3.94. The van der Waals surface area contributed by atoms with Crippen LogP contribution < -0.4 is 10.5 Å². The van der Waals surface area contributed by atoms with Crippen molar-refractivity contribution in [1.82, 2.24) is 4.98 Å². The van der Waals surface area contributed by atoms with Gasteiger partial charge >= 0.3 is 0 Å². The van der Waals surface area contributed by atoms with Crippen LogP contribution >= 0.6 is 0 Å². The van der Waals surface area contributed by atoms with Crippen LogP contribution in [0, 0.1) is 13.8 Å². The van der Waals surface area contributed by atoms with Crippen LogP contribution in [0.2, 0.25) is 0 Å². The maximum Gasteiger partial charge on any atom is 0.218 e. The lowest BCUT2D eigenvalue weighted by Crippen LogP contribution is -2.07. The molecule has 90 valence electrons. The van der Waals surface area contributed by atoms with Gasteiger partial charge in [-0.1, -0.05) is 0 Å². The van der Waals surface area contributed by atoms with E-state index in [-0.39, 0.29) is 0 Å². The minimum atomic E-state index is 0.371. The first-order chi connectivity index (χ1) is 8.20. The number of nitrogens with zero attached hydrogens (tertiary/aromatic N) is 1. The minimum Gasteiger partial charge on any atom is -0.469 e. The predicted octanol–water partition coefficient (Wildman–Crippen LogP) is 2.33. The van der Waals surface area contributed by atoms with Crippen molar-refractivity contribution in [3.05, 3.63) is 47.0 Å². The Morgan fingerprint density at radius 2 is 2.24 bits per heavy atom. The molecule has 0 atom stereocenters. The summed E-state index contributed by atoms with van der Waals surface area (Å²) in [6.45, 7) is 4.74. The highest BCUT2D eigenvalue weighted by atomic mass is 16.5. The van der Waals surface area contributed by atoms with Gasteiger partial charge in [-0.15, -0.1) is 0 Å². The first-order valence-corrected chi connectivity index (χ1v) is 5.53. The number of ether oxygens (including phenoxy) is 1. The monoisotopic (exact) mass is 232 g/mol. The molecule has 0 radical (unpaired) electrons. The molecule has 0 saturated heterocycles. The highest BCUT2D eigenvalue weighted by Gasteiger charge is 2.09. The molecule has 2 N–H and O–H groups in total. The maximum atomic E-state index is 5.71. The van der Waals surface area contributed by atoms with E-state index in [2.05, 4.69) is 4.98 Å². The number of aryl methyl sites for hydroxylation is 2. The molecule has 0 spiro atoms. The van der Waals surface area contributed by atoms with E-state index in [0.29, 0.717) is 19.0 Å². The van der Waals surface area contributed by atoms with Gasteiger partial charge in [0.2, 0.25) is 5.88 Å². The van der Waals surface area contributed by atoms with E-state index in [1.807, 2.05) is 32.0 Å². The zero-order valence-electron chi connectivity index (χ0n) is 10.1. The molecule has 0 aromatic carbocycles. The van der Waals surface area contributed by atoms with Gasteiger partial charge in [-0.25, -0.2) is 4.98 Å². The largest absolute Gasteiger partial charge is 0.469 e.